The lowest BCUT2D eigenvalue weighted by molar-refractivity contribution is -0.122. The number of fused-ring (bicyclic) bond motifs is 1. The number of H-pyrrole nitrogens is 1. The number of amides is 2. The number of aromatic nitrogens is 4. The first-order valence-corrected chi connectivity index (χ1v) is 9.85. The molecule has 2 heterocycles. The number of nitrogens with one attached hydrogen (secondary N) is 3. The number of carbonyl (C=O) groups excluding carboxylic acids is 2. The monoisotopic (exact) mass is 446 g/mol. The van der Waals surface area contributed by atoms with Crippen LogP contribution >= 0.6 is 0 Å². The Kier molecular flexibility index (Phi) is 5.94. The molecule has 4 rings (SSSR count). The molecule has 11 heteroatoms. The molecule has 11 nitrogen and oxygen atoms in total. The van der Waals surface area contributed by atoms with E-state index in [2.05, 4.69) is 21.0 Å². The second kappa shape index (κ2) is 9.14. The predicted molar refractivity (Wildman–Crippen MR) is 118 cm³/mol. The molecule has 0 fully saturated rings. The molecule has 0 aliphatic rings. The Labute approximate surface area is 185 Å². The van der Waals surface area contributed by atoms with Crippen molar-refractivity contribution >= 4 is 22.6 Å². The van der Waals surface area contributed by atoms with E-state index in [1.807, 2.05) is 30.3 Å². The molecule has 0 aliphatic carbocycles. The average molecular weight is 446 g/mol. The van der Waals surface area contributed by atoms with Crippen molar-refractivity contribution in [3.8, 4) is 0 Å². The zero-order chi connectivity index (χ0) is 23.4. The van der Waals surface area contributed by atoms with Crippen molar-refractivity contribution in [1.29, 1.82) is 0 Å². The van der Waals surface area contributed by atoms with Gasteiger partial charge in [-0.3, -0.25) is 39.2 Å². The fourth-order valence-electron chi connectivity index (χ4n) is 3.26. The van der Waals surface area contributed by atoms with Crippen LogP contribution in [0, 0.1) is 0 Å². The van der Waals surface area contributed by atoms with E-state index < -0.39 is 35.2 Å². The number of hydrazine groups is 1. The third-order valence-corrected chi connectivity index (χ3v) is 4.86. The van der Waals surface area contributed by atoms with Gasteiger partial charge in [-0.05, 0) is 11.6 Å². The zero-order valence-electron chi connectivity index (χ0n) is 17.1. The van der Waals surface area contributed by atoms with Crippen LogP contribution in [0.4, 0.5) is 0 Å². The second-order valence-corrected chi connectivity index (χ2v) is 7.09. The summed E-state index contributed by atoms with van der Waals surface area (Å²) in [7, 11) is 0. The fourth-order valence-corrected chi connectivity index (χ4v) is 3.26. The third kappa shape index (κ3) is 4.61. The maximum Gasteiger partial charge on any atom is 0.331 e. The van der Waals surface area contributed by atoms with Crippen molar-refractivity contribution in [2.24, 2.45) is 0 Å². The van der Waals surface area contributed by atoms with Crippen molar-refractivity contribution < 1.29 is 9.59 Å². The summed E-state index contributed by atoms with van der Waals surface area (Å²) in [5, 5.41) is 6.53. The summed E-state index contributed by atoms with van der Waals surface area (Å²) in [5.41, 5.74) is 3.30. The average Bonchev–Trinajstić information content (AvgIpc) is 2.83. The number of hydrogen-bond acceptors (Lipinski definition) is 6. The molecule has 0 saturated carbocycles. The molecule has 0 radical (unpaired) electrons. The van der Waals surface area contributed by atoms with Gasteiger partial charge in [0, 0.05) is 17.6 Å². The van der Waals surface area contributed by atoms with Gasteiger partial charge in [0.15, 0.2) is 5.69 Å². The van der Waals surface area contributed by atoms with Crippen molar-refractivity contribution in [1.82, 2.24) is 30.2 Å². The molecular formula is C22H18N6O5. The van der Waals surface area contributed by atoms with Crippen LogP contribution in [-0.4, -0.2) is 31.1 Å². The number of carbonyl (C=O) groups is 2. The topological polar surface area (TPSA) is 148 Å². The molecule has 33 heavy (non-hydrogen) atoms. The Hall–Kier alpha value is -4.80. The van der Waals surface area contributed by atoms with Gasteiger partial charge in [-0.25, -0.2) is 9.89 Å². The van der Waals surface area contributed by atoms with Crippen LogP contribution in [0.5, 0.6) is 0 Å². The highest BCUT2D eigenvalue weighted by atomic mass is 16.2. The van der Waals surface area contributed by atoms with E-state index in [4.69, 9.17) is 0 Å². The molecular weight excluding hydrogens is 428 g/mol. The molecule has 0 spiro atoms. The van der Waals surface area contributed by atoms with E-state index in [0.29, 0.717) is 5.39 Å². The Morgan fingerprint density at radius 2 is 1.58 bits per heavy atom. The molecule has 2 aromatic carbocycles. The molecule has 0 unspecified atom stereocenters. The molecule has 0 aliphatic heterocycles. The van der Waals surface area contributed by atoms with Crippen LogP contribution in [0.25, 0.3) is 10.8 Å². The van der Waals surface area contributed by atoms with E-state index in [0.717, 1.165) is 10.1 Å². The Morgan fingerprint density at radius 1 is 0.879 bits per heavy atom. The van der Waals surface area contributed by atoms with Crippen LogP contribution in [-0.2, 0) is 17.9 Å². The highest BCUT2D eigenvalue weighted by molar-refractivity contribution is 6.05. The Morgan fingerprint density at radius 3 is 2.33 bits per heavy atom. The van der Waals surface area contributed by atoms with E-state index >= 15 is 0 Å². The lowest BCUT2D eigenvalue weighted by atomic mass is 10.1. The number of rotatable bonds is 5. The van der Waals surface area contributed by atoms with E-state index in [9.17, 15) is 24.0 Å². The van der Waals surface area contributed by atoms with E-state index in [1.165, 1.54) is 22.9 Å². The predicted octanol–water partition coefficient (Wildman–Crippen LogP) is -0.244. The van der Waals surface area contributed by atoms with Gasteiger partial charge in [0.25, 0.3) is 22.9 Å². The van der Waals surface area contributed by atoms with Gasteiger partial charge in [0.2, 0.25) is 0 Å². The van der Waals surface area contributed by atoms with Crippen LogP contribution in [0.1, 0.15) is 16.1 Å². The largest absolute Gasteiger partial charge is 0.331 e. The molecule has 2 aromatic heterocycles. The minimum atomic E-state index is -0.797. The molecule has 166 valence electrons. The van der Waals surface area contributed by atoms with Gasteiger partial charge in [0.05, 0.1) is 11.9 Å². The van der Waals surface area contributed by atoms with Gasteiger partial charge in [-0.1, -0.05) is 48.5 Å². The molecule has 0 atom stereocenters. The first kappa shape index (κ1) is 21.4. The van der Waals surface area contributed by atoms with Crippen molar-refractivity contribution in [3.63, 3.8) is 0 Å². The molecule has 3 N–H and O–H groups in total. The Balaban J connectivity index is 1.47. The standard InChI is InChI=1S/C22H18N6O5/c29-17(23-26-21(32)19-15-8-4-5-9-16(15)20(31)25-24-19)13-28-18(30)10-11-27(22(28)33)12-14-6-2-1-3-7-14/h1-11H,12-13H2,(H,23,29)(H,25,31)(H,26,32). The van der Waals surface area contributed by atoms with Crippen LogP contribution in [0.15, 0.2) is 81.2 Å². The molecule has 4 aromatic rings. The number of nitrogens with zero attached hydrogens (tertiary/aromatic N) is 3. The fraction of sp³-hybridized carbons (Fsp3) is 0.0909. The minimum Gasteiger partial charge on any atom is -0.296 e. The van der Waals surface area contributed by atoms with E-state index in [1.54, 1.807) is 18.2 Å². The van der Waals surface area contributed by atoms with Gasteiger partial charge in [0.1, 0.15) is 6.54 Å². The second-order valence-electron chi connectivity index (χ2n) is 7.09. The van der Waals surface area contributed by atoms with Crippen LogP contribution in [0.2, 0.25) is 0 Å². The zero-order valence-corrected chi connectivity index (χ0v) is 17.1. The minimum absolute atomic E-state index is 0.104. The maximum atomic E-state index is 12.7. The van der Waals surface area contributed by atoms with E-state index in [-0.39, 0.29) is 17.6 Å². The molecule has 0 bridgehead atoms. The highest BCUT2D eigenvalue weighted by Gasteiger charge is 2.16. The van der Waals surface area contributed by atoms with Gasteiger partial charge < -0.3 is 0 Å². The van der Waals surface area contributed by atoms with Gasteiger partial charge >= 0.3 is 5.69 Å². The van der Waals surface area contributed by atoms with Crippen LogP contribution < -0.4 is 27.7 Å². The SMILES string of the molecule is O=C(Cn1c(=O)ccn(Cc2ccccc2)c1=O)NNC(=O)c1n[nH]c(=O)c2ccccc12. The van der Waals surface area contributed by atoms with Crippen molar-refractivity contribution in [3.05, 3.63) is 109 Å². The highest BCUT2D eigenvalue weighted by Crippen LogP contribution is 2.11. The first-order chi connectivity index (χ1) is 15.9. The quantitative estimate of drug-likeness (QED) is 0.360. The molecule has 0 saturated heterocycles. The van der Waals surface area contributed by atoms with Crippen LogP contribution in [0.3, 0.4) is 0 Å². The number of hydrogen-bond donors (Lipinski definition) is 3. The number of benzene rings is 2. The first-order valence-electron chi connectivity index (χ1n) is 9.85. The van der Waals surface area contributed by atoms with Crippen molar-refractivity contribution in [2.75, 3.05) is 0 Å². The third-order valence-electron chi connectivity index (χ3n) is 4.86. The summed E-state index contributed by atoms with van der Waals surface area (Å²) in [6.45, 7) is -0.378. The maximum absolute atomic E-state index is 12.7. The summed E-state index contributed by atoms with van der Waals surface area (Å²) >= 11 is 0. The summed E-state index contributed by atoms with van der Waals surface area (Å²) in [5.74, 6) is -1.58. The summed E-state index contributed by atoms with van der Waals surface area (Å²) < 4.78 is 2.07. The smallest absolute Gasteiger partial charge is 0.296 e. The summed E-state index contributed by atoms with van der Waals surface area (Å²) in [6.07, 6.45) is 1.36. The summed E-state index contributed by atoms with van der Waals surface area (Å²) in [6, 6.07) is 16.7. The Bertz CT molecular complexity index is 1520. The summed E-state index contributed by atoms with van der Waals surface area (Å²) in [4.78, 5) is 61.5. The van der Waals surface area contributed by atoms with Crippen molar-refractivity contribution in [2.45, 2.75) is 13.1 Å². The lowest BCUT2D eigenvalue weighted by Crippen LogP contribution is -2.48. The molecule has 2 amide bonds. The number of aromatic amines is 1. The lowest BCUT2D eigenvalue weighted by Gasteiger charge is -2.11. The van der Waals surface area contributed by atoms with Gasteiger partial charge in [-0.15, -0.1) is 0 Å². The van der Waals surface area contributed by atoms with Gasteiger partial charge in [-0.2, -0.15) is 5.10 Å². The normalized spacial score (nSPS) is 10.7.